The summed E-state index contributed by atoms with van der Waals surface area (Å²) in [4.78, 5) is 11.8. The minimum atomic E-state index is -4.33. The number of fused-ring (bicyclic) bond motifs is 2. The molecule has 2 unspecified atom stereocenters. The first kappa shape index (κ1) is 15.9. The first-order chi connectivity index (χ1) is 9.08. The summed E-state index contributed by atoms with van der Waals surface area (Å²) in [6.45, 7) is 7.45. The van der Waals surface area contributed by atoms with Gasteiger partial charge in [-0.05, 0) is 31.1 Å². The third-order valence-electron chi connectivity index (χ3n) is 5.75. The zero-order valence-electron chi connectivity index (χ0n) is 12.5. The number of carbonyl (C=O) groups excluding carboxylic acids is 1. The lowest BCUT2D eigenvalue weighted by Gasteiger charge is -2.37. The maximum Gasteiger partial charge on any atom is 0.140 e. The van der Waals surface area contributed by atoms with Crippen molar-refractivity contribution in [1.82, 2.24) is 0 Å². The Balaban J connectivity index is 0.000000247. The summed E-state index contributed by atoms with van der Waals surface area (Å²) in [7, 11) is -4.33. The Labute approximate surface area is 121 Å². The van der Waals surface area contributed by atoms with Crippen molar-refractivity contribution in [2.45, 2.75) is 52.5 Å². The highest BCUT2D eigenvalue weighted by atomic mass is 32.2. The minimum absolute atomic E-state index is 0.0248. The van der Waals surface area contributed by atoms with Crippen LogP contribution in [0.4, 0.5) is 0 Å². The highest BCUT2D eigenvalue weighted by Gasteiger charge is 2.64. The molecular formula is C14H25NO4S. The van der Waals surface area contributed by atoms with E-state index in [2.05, 4.69) is 12.2 Å². The Kier molecular flexibility index (Phi) is 4.04. The Morgan fingerprint density at radius 1 is 1.35 bits per heavy atom. The number of rotatable bonds is 2. The molecule has 0 spiro atoms. The molecule has 116 valence electrons. The molecule has 2 saturated carbocycles. The first-order valence-corrected chi connectivity index (χ1v) is 8.96. The van der Waals surface area contributed by atoms with E-state index in [0.29, 0.717) is 12.8 Å². The van der Waals surface area contributed by atoms with Crippen LogP contribution in [0.3, 0.4) is 0 Å². The predicted octanol–water partition coefficient (Wildman–Crippen LogP) is 0.269. The maximum atomic E-state index is 11.8. The largest absolute Gasteiger partial charge is 0.748 e. The van der Waals surface area contributed by atoms with Gasteiger partial charge in [-0.15, -0.1) is 0 Å². The van der Waals surface area contributed by atoms with Crippen molar-refractivity contribution in [2.24, 2.45) is 16.7 Å². The van der Waals surface area contributed by atoms with Gasteiger partial charge < -0.3 is 9.87 Å². The molecule has 1 heterocycles. The lowest BCUT2D eigenvalue weighted by molar-refractivity contribution is -0.739. The molecule has 0 aromatic carbocycles. The van der Waals surface area contributed by atoms with Gasteiger partial charge in [-0.25, -0.2) is 8.42 Å². The molecule has 6 heteroatoms. The van der Waals surface area contributed by atoms with Gasteiger partial charge in [0.15, 0.2) is 0 Å². The molecule has 2 bridgehead atoms. The topological polar surface area (TPSA) is 90.9 Å². The van der Waals surface area contributed by atoms with Gasteiger partial charge in [0.05, 0.1) is 28.5 Å². The zero-order valence-corrected chi connectivity index (χ0v) is 13.3. The number of hydrogen-bond donors (Lipinski definition) is 1. The predicted molar refractivity (Wildman–Crippen MR) is 74.0 cm³/mol. The van der Waals surface area contributed by atoms with E-state index in [0.717, 1.165) is 12.5 Å². The molecule has 2 N–H and O–H groups in total. The van der Waals surface area contributed by atoms with Crippen LogP contribution in [0.5, 0.6) is 0 Å². The minimum Gasteiger partial charge on any atom is -0.748 e. The quantitative estimate of drug-likeness (QED) is 0.741. The van der Waals surface area contributed by atoms with E-state index in [1.165, 1.54) is 13.0 Å². The lowest BCUT2D eigenvalue weighted by atomic mass is 9.70. The fourth-order valence-corrected chi connectivity index (χ4v) is 5.19. The number of hydrogen-bond acceptors (Lipinski definition) is 4. The molecule has 20 heavy (non-hydrogen) atoms. The SMILES string of the molecule is CC1(C)C2CCC1(CS(=O)(=O)[O-])C(=O)C2.C[C@H]1CC[NH2+]1. The van der Waals surface area contributed by atoms with Crippen LogP contribution in [0.1, 0.15) is 46.5 Å². The van der Waals surface area contributed by atoms with Crippen LogP contribution < -0.4 is 5.32 Å². The summed E-state index contributed by atoms with van der Waals surface area (Å²) >= 11 is 0. The van der Waals surface area contributed by atoms with Gasteiger partial charge in [-0.3, -0.25) is 4.79 Å². The van der Waals surface area contributed by atoms with Gasteiger partial charge in [-0.1, -0.05) is 13.8 Å². The van der Waals surface area contributed by atoms with E-state index in [1.54, 1.807) is 0 Å². The molecule has 0 aromatic rings. The van der Waals surface area contributed by atoms with Crippen molar-refractivity contribution < 1.29 is 23.1 Å². The van der Waals surface area contributed by atoms with E-state index >= 15 is 0 Å². The molecular weight excluding hydrogens is 278 g/mol. The lowest BCUT2D eigenvalue weighted by Crippen LogP contribution is -2.97. The normalized spacial score (nSPS) is 38.1. The molecule has 5 nitrogen and oxygen atoms in total. The van der Waals surface area contributed by atoms with Crippen LogP contribution in [0.15, 0.2) is 0 Å². The van der Waals surface area contributed by atoms with E-state index in [9.17, 15) is 17.8 Å². The molecule has 3 aliphatic rings. The second-order valence-electron chi connectivity index (χ2n) is 7.16. The van der Waals surface area contributed by atoms with Crippen molar-refractivity contribution in [1.29, 1.82) is 0 Å². The summed E-state index contributed by atoms with van der Waals surface area (Å²) in [6.07, 6.45) is 3.31. The highest BCUT2D eigenvalue weighted by molar-refractivity contribution is 7.85. The first-order valence-electron chi connectivity index (χ1n) is 7.39. The Bertz CT molecular complexity index is 495. The van der Waals surface area contributed by atoms with Crippen LogP contribution in [0.2, 0.25) is 0 Å². The number of quaternary nitrogens is 1. The molecule has 0 amide bonds. The van der Waals surface area contributed by atoms with Crippen molar-refractivity contribution in [3.05, 3.63) is 0 Å². The van der Waals surface area contributed by atoms with Gasteiger partial charge in [0.25, 0.3) is 0 Å². The highest BCUT2D eigenvalue weighted by Crippen LogP contribution is 2.64. The monoisotopic (exact) mass is 303 g/mol. The van der Waals surface area contributed by atoms with Crippen LogP contribution >= 0.6 is 0 Å². The average molecular weight is 303 g/mol. The summed E-state index contributed by atoms with van der Waals surface area (Å²) in [5.41, 5.74) is -1.22. The van der Waals surface area contributed by atoms with Gasteiger partial charge in [-0.2, -0.15) is 0 Å². The number of ketones is 1. The van der Waals surface area contributed by atoms with Crippen LogP contribution in [-0.2, 0) is 14.9 Å². The van der Waals surface area contributed by atoms with Crippen molar-refractivity contribution in [3.8, 4) is 0 Å². The molecule has 0 aromatic heterocycles. The summed E-state index contributed by atoms with van der Waals surface area (Å²) in [6, 6.07) is 0.940. The third-order valence-corrected chi connectivity index (χ3v) is 6.60. The summed E-state index contributed by atoms with van der Waals surface area (Å²) < 4.78 is 32.7. The summed E-state index contributed by atoms with van der Waals surface area (Å²) in [5, 5.41) is 2.35. The van der Waals surface area contributed by atoms with E-state index < -0.39 is 21.3 Å². The second-order valence-corrected chi connectivity index (χ2v) is 8.56. The standard InChI is InChI=1S/C10H16O4S.C4H9N/c1-9(2)7-3-4-10(9,8(11)5-7)6-15(12,13)14;1-4-2-3-5-4/h7H,3-6H2,1-2H3,(H,12,13,14);4-5H,2-3H2,1H3/t;4-/m.0/s1. The molecule has 0 radical (unpaired) electrons. The van der Waals surface area contributed by atoms with Gasteiger partial charge in [0, 0.05) is 18.3 Å². The number of carbonyl (C=O) groups is 1. The Morgan fingerprint density at radius 2 is 1.90 bits per heavy atom. The number of Topliss-reactive ketones (excluding diaryl/α,β-unsaturated/α-hetero) is 1. The van der Waals surface area contributed by atoms with Crippen LogP contribution in [-0.4, -0.2) is 37.1 Å². The zero-order chi connectivity index (χ0) is 15.2. The fraction of sp³-hybridized carbons (Fsp3) is 0.929. The van der Waals surface area contributed by atoms with Gasteiger partial charge in [0.1, 0.15) is 5.78 Å². The summed E-state index contributed by atoms with van der Waals surface area (Å²) in [5.74, 6) is -0.280. The molecule has 2 aliphatic carbocycles. The third kappa shape index (κ3) is 2.65. The van der Waals surface area contributed by atoms with Gasteiger partial charge in [0.2, 0.25) is 0 Å². The van der Waals surface area contributed by atoms with E-state index in [1.807, 2.05) is 13.8 Å². The van der Waals surface area contributed by atoms with Crippen LogP contribution in [0, 0.1) is 16.7 Å². The average Bonchev–Trinajstić information content (AvgIpc) is 2.58. The molecule has 1 aliphatic heterocycles. The van der Waals surface area contributed by atoms with Crippen molar-refractivity contribution >= 4 is 15.9 Å². The van der Waals surface area contributed by atoms with Crippen molar-refractivity contribution in [3.63, 3.8) is 0 Å². The molecule has 3 fully saturated rings. The van der Waals surface area contributed by atoms with E-state index in [-0.39, 0.29) is 17.1 Å². The molecule has 3 atom stereocenters. The molecule has 1 saturated heterocycles. The number of nitrogens with two attached hydrogens (primary N) is 1. The molecule has 3 rings (SSSR count). The smallest absolute Gasteiger partial charge is 0.140 e. The van der Waals surface area contributed by atoms with E-state index in [4.69, 9.17) is 0 Å². The Morgan fingerprint density at radius 3 is 2.15 bits per heavy atom. The second kappa shape index (κ2) is 5.07. The maximum absolute atomic E-state index is 11.8. The van der Waals surface area contributed by atoms with Gasteiger partial charge >= 0.3 is 0 Å². The fourth-order valence-electron chi connectivity index (χ4n) is 3.91. The van der Waals surface area contributed by atoms with Crippen molar-refractivity contribution in [2.75, 3.05) is 12.3 Å². The van der Waals surface area contributed by atoms with Crippen LogP contribution in [0.25, 0.3) is 0 Å². The Hall–Kier alpha value is -0.460.